The van der Waals surface area contributed by atoms with Gasteiger partial charge in [0, 0.05) is 12.1 Å². The van der Waals surface area contributed by atoms with E-state index in [1.165, 1.54) is 11.8 Å². The molecule has 1 aromatic heterocycles. The molecule has 0 aliphatic heterocycles. The zero-order valence-corrected chi connectivity index (χ0v) is 17.2. The second-order valence-electron chi connectivity index (χ2n) is 7.89. The van der Waals surface area contributed by atoms with Crippen LogP contribution in [0.2, 0.25) is 0 Å². The molecule has 146 valence electrons. The summed E-state index contributed by atoms with van der Waals surface area (Å²) in [5, 5.41) is 4.28. The van der Waals surface area contributed by atoms with Crippen molar-refractivity contribution in [1.29, 1.82) is 0 Å². The molecule has 1 aliphatic rings. The maximum atomic E-state index is 13.1. The first-order valence-corrected chi connectivity index (χ1v) is 10.9. The van der Waals surface area contributed by atoms with Gasteiger partial charge in [0.05, 0.1) is 16.7 Å². The lowest BCUT2D eigenvalue weighted by atomic mass is 10.0. The van der Waals surface area contributed by atoms with Gasteiger partial charge in [-0.05, 0) is 44.2 Å². The van der Waals surface area contributed by atoms with Gasteiger partial charge in [0.1, 0.15) is 0 Å². The van der Waals surface area contributed by atoms with E-state index in [9.17, 15) is 9.59 Å². The molecule has 6 heteroatoms. The Morgan fingerprint density at radius 3 is 2.70 bits per heavy atom. The molecule has 1 saturated carbocycles. The first kappa shape index (κ1) is 19.9. The van der Waals surface area contributed by atoms with Crippen LogP contribution < -0.4 is 10.9 Å². The maximum absolute atomic E-state index is 13.1. The van der Waals surface area contributed by atoms with E-state index in [0.717, 1.165) is 32.1 Å². The van der Waals surface area contributed by atoms with E-state index < -0.39 is 0 Å². The van der Waals surface area contributed by atoms with Gasteiger partial charge in [-0.15, -0.1) is 0 Å². The number of hydrogen-bond acceptors (Lipinski definition) is 4. The first-order chi connectivity index (χ1) is 13.0. The SMILES string of the molecule is CC(C)CCC[C@@H](C)n1c(SCC(=O)NC2CC2)nc2ccccc2c1=O. The van der Waals surface area contributed by atoms with Gasteiger partial charge >= 0.3 is 0 Å². The van der Waals surface area contributed by atoms with Crippen LogP contribution in [0.5, 0.6) is 0 Å². The second-order valence-corrected chi connectivity index (χ2v) is 8.83. The number of aromatic nitrogens is 2. The largest absolute Gasteiger partial charge is 0.353 e. The number of carbonyl (C=O) groups is 1. The molecular formula is C21H29N3O2S. The van der Waals surface area contributed by atoms with Crippen molar-refractivity contribution in [3.63, 3.8) is 0 Å². The summed E-state index contributed by atoms with van der Waals surface area (Å²) in [7, 11) is 0. The Morgan fingerprint density at radius 2 is 2.00 bits per heavy atom. The van der Waals surface area contributed by atoms with E-state index in [1.54, 1.807) is 4.57 Å². The van der Waals surface area contributed by atoms with Crippen LogP contribution in [0.15, 0.2) is 34.2 Å². The molecule has 3 rings (SSSR count). The third-order valence-corrected chi connectivity index (χ3v) is 5.85. The average molecular weight is 388 g/mol. The fourth-order valence-electron chi connectivity index (χ4n) is 3.19. The number of rotatable bonds is 9. The zero-order chi connectivity index (χ0) is 19.4. The molecule has 1 N–H and O–H groups in total. The quantitative estimate of drug-likeness (QED) is 0.518. The summed E-state index contributed by atoms with van der Waals surface area (Å²) in [6, 6.07) is 7.85. The monoisotopic (exact) mass is 387 g/mol. The maximum Gasteiger partial charge on any atom is 0.262 e. The highest BCUT2D eigenvalue weighted by atomic mass is 32.2. The van der Waals surface area contributed by atoms with Crippen LogP contribution in [0.1, 0.15) is 58.9 Å². The molecular weight excluding hydrogens is 358 g/mol. The van der Waals surface area contributed by atoms with Crippen LogP contribution in [-0.2, 0) is 4.79 Å². The molecule has 0 unspecified atom stereocenters. The summed E-state index contributed by atoms with van der Waals surface area (Å²) in [6.07, 6.45) is 5.29. The number of carbonyl (C=O) groups excluding carboxylic acids is 1. The van der Waals surface area contributed by atoms with Crippen LogP contribution in [0.4, 0.5) is 0 Å². The summed E-state index contributed by atoms with van der Waals surface area (Å²) in [5.41, 5.74) is 0.681. The smallest absolute Gasteiger partial charge is 0.262 e. The fraction of sp³-hybridized carbons (Fsp3) is 0.571. The highest BCUT2D eigenvalue weighted by Gasteiger charge is 2.24. The third-order valence-electron chi connectivity index (χ3n) is 4.89. The summed E-state index contributed by atoms with van der Waals surface area (Å²) in [6.45, 7) is 6.51. The van der Waals surface area contributed by atoms with Crippen molar-refractivity contribution in [2.75, 3.05) is 5.75 Å². The Kier molecular flexibility index (Phi) is 6.58. The number of fused-ring (bicyclic) bond motifs is 1. The van der Waals surface area contributed by atoms with Gasteiger partial charge in [0.15, 0.2) is 5.16 Å². The molecule has 0 bridgehead atoms. The molecule has 1 aromatic carbocycles. The van der Waals surface area contributed by atoms with Crippen molar-refractivity contribution >= 4 is 28.6 Å². The Hall–Kier alpha value is -1.82. The Bertz CT molecular complexity index is 858. The fourth-order valence-corrected chi connectivity index (χ4v) is 4.10. The van der Waals surface area contributed by atoms with Crippen molar-refractivity contribution in [1.82, 2.24) is 14.9 Å². The minimum Gasteiger partial charge on any atom is -0.353 e. The molecule has 5 nitrogen and oxygen atoms in total. The molecule has 1 amide bonds. The van der Waals surface area contributed by atoms with Crippen molar-refractivity contribution < 1.29 is 4.79 Å². The number of benzene rings is 1. The van der Waals surface area contributed by atoms with Gasteiger partial charge in [0.25, 0.3) is 5.56 Å². The van der Waals surface area contributed by atoms with Gasteiger partial charge in [-0.3, -0.25) is 14.2 Å². The third kappa shape index (κ3) is 5.34. The average Bonchev–Trinajstić information content (AvgIpc) is 3.43. The highest BCUT2D eigenvalue weighted by Crippen LogP contribution is 2.25. The van der Waals surface area contributed by atoms with Crippen molar-refractivity contribution in [3.05, 3.63) is 34.6 Å². The van der Waals surface area contributed by atoms with Crippen LogP contribution in [0.25, 0.3) is 10.9 Å². The zero-order valence-electron chi connectivity index (χ0n) is 16.4. The molecule has 2 aromatic rings. The lowest BCUT2D eigenvalue weighted by Gasteiger charge is -2.20. The molecule has 1 fully saturated rings. The summed E-state index contributed by atoms with van der Waals surface area (Å²) < 4.78 is 1.79. The van der Waals surface area contributed by atoms with Crippen molar-refractivity contribution in [2.24, 2.45) is 5.92 Å². The Balaban J connectivity index is 1.84. The normalized spacial score (nSPS) is 15.3. The molecule has 0 saturated heterocycles. The van der Waals surface area contributed by atoms with E-state index in [4.69, 9.17) is 4.98 Å². The predicted molar refractivity (Wildman–Crippen MR) is 111 cm³/mol. The summed E-state index contributed by atoms with van der Waals surface area (Å²) >= 11 is 1.36. The number of amides is 1. The summed E-state index contributed by atoms with van der Waals surface area (Å²) in [5.74, 6) is 0.965. The first-order valence-electron chi connectivity index (χ1n) is 9.89. The number of nitrogens with zero attached hydrogens (tertiary/aromatic N) is 2. The molecule has 1 aliphatic carbocycles. The van der Waals surface area contributed by atoms with E-state index in [1.807, 2.05) is 24.3 Å². The second kappa shape index (κ2) is 8.91. The van der Waals surface area contributed by atoms with Gasteiger partial charge < -0.3 is 5.32 Å². The van der Waals surface area contributed by atoms with Gasteiger partial charge in [-0.2, -0.15) is 0 Å². The topological polar surface area (TPSA) is 64.0 Å². The summed E-state index contributed by atoms with van der Waals surface area (Å²) in [4.78, 5) is 29.9. The van der Waals surface area contributed by atoms with Crippen LogP contribution >= 0.6 is 11.8 Å². The number of thioether (sulfide) groups is 1. The van der Waals surface area contributed by atoms with Crippen LogP contribution in [-0.4, -0.2) is 27.3 Å². The van der Waals surface area contributed by atoms with Gasteiger partial charge in [-0.1, -0.05) is 50.6 Å². The van der Waals surface area contributed by atoms with Crippen LogP contribution in [0, 0.1) is 5.92 Å². The predicted octanol–water partition coefficient (Wildman–Crippen LogP) is 4.15. The minimum absolute atomic E-state index is 0.0113. The van der Waals surface area contributed by atoms with E-state index in [-0.39, 0.29) is 17.5 Å². The van der Waals surface area contributed by atoms with Gasteiger partial charge in [0.2, 0.25) is 5.91 Å². The molecule has 27 heavy (non-hydrogen) atoms. The minimum atomic E-state index is -0.0113. The molecule has 0 spiro atoms. The van der Waals surface area contributed by atoms with Crippen LogP contribution in [0.3, 0.4) is 0 Å². The number of hydrogen-bond donors (Lipinski definition) is 1. The number of nitrogens with one attached hydrogen (secondary N) is 1. The molecule has 1 heterocycles. The van der Waals surface area contributed by atoms with Gasteiger partial charge in [-0.25, -0.2) is 4.98 Å². The standard InChI is InChI=1S/C21H29N3O2S/c1-14(2)7-6-8-15(3)24-20(26)17-9-4-5-10-18(17)23-21(24)27-13-19(25)22-16-11-12-16/h4-5,9-10,14-16H,6-8,11-13H2,1-3H3,(H,22,25)/t15-/m1/s1. The Labute approximate surface area is 164 Å². The Morgan fingerprint density at radius 1 is 1.26 bits per heavy atom. The van der Waals surface area contributed by atoms with E-state index in [0.29, 0.717) is 33.8 Å². The van der Waals surface area contributed by atoms with E-state index in [2.05, 4.69) is 26.1 Å². The number of para-hydroxylation sites is 1. The lowest BCUT2D eigenvalue weighted by Crippen LogP contribution is -2.29. The highest BCUT2D eigenvalue weighted by molar-refractivity contribution is 7.99. The molecule has 0 radical (unpaired) electrons. The lowest BCUT2D eigenvalue weighted by molar-refractivity contribution is -0.118. The van der Waals surface area contributed by atoms with E-state index >= 15 is 0 Å². The molecule has 1 atom stereocenters. The van der Waals surface area contributed by atoms with Crippen molar-refractivity contribution in [2.45, 2.75) is 70.1 Å². The van der Waals surface area contributed by atoms with Crippen molar-refractivity contribution in [3.8, 4) is 0 Å².